The predicted octanol–water partition coefficient (Wildman–Crippen LogP) is 4.13. The van der Waals surface area contributed by atoms with E-state index in [1.54, 1.807) is 19.1 Å². The highest BCUT2D eigenvalue weighted by Gasteiger charge is 2.23. The average Bonchev–Trinajstić information content (AvgIpc) is 2.18. The Kier molecular flexibility index (Phi) is 4.49. The van der Waals surface area contributed by atoms with Crippen molar-refractivity contribution in [1.82, 2.24) is 0 Å². The van der Waals surface area contributed by atoms with E-state index in [9.17, 15) is 9.18 Å². The fraction of sp³-hybridized carbons (Fsp3) is 0.533. The normalized spacial score (nSPS) is 13.4. The molecule has 2 nitrogen and oxygen atoms in total. The second kappa shape index (κ2) is 5.51. The topological polar surface area (TPSA) is 37.3 Å². The fourth-order valence-electron chi connectivity index (χ4n) is 2.18. The van der Waals surface area contributed by atoms with Crippen molar-refractivity contribution < 1.29 is 14.3 Å². The molecule has 0 saturated heterocycles. The molecule has 1 unspecified atom stereocenters. The highest BCUT2D eigenvalue weighted by molar-refractivity contribution is 5.68. The smallest absolute Gasteiger partial charge is 0.303 e. The van der Waals surface area contributed by atoms with Crippen molar-refractivity contribution in [3.05, 3.63) is 35.1 Å². The lowest BCUT2D eigenvalue weighted by atomic mass is 9.79. The first kappa shape index (κ1) is 14.7. The third-order valence-corrected chi connectivity index (χ3v) is 2.93. The summed E-state index contributed by atoms with van der Waals surface area (Å²) in [4.78, 5) is 10.9. The number of halogens is 1. The Morgan fingerprint density at radius 1 is 1.39 bits per heavy atom. The number of carbonyl (C=O) groups is 1. The third-order valence-electron chi connectivity index (χ3n) is 2.93. The number of carboxylic acids is 1. The van der Waals surface area contributed by atoms with Crippen LogP contribution in [0.4, 0.5) is 4.39 Å². The molecule has 0 radical (unpaired) electrons. The Labute approximate surface area is 108 Å². The summed E-state index contributed by atoms with van der Waals surface area (Å²) in [6.07, 6.45) is 0.854. The number of carboxylic acid groups (broad SMARTS) is 1. The van der Waals surface area contributed by atoms with Crippen LogP contribution in [0.2, 0.25) is 0 Å². The lowest BCUT2D eigenvalue weighted by Gasteiger charge is -2.25. The molecule has 0 aliphatic rings. The molecule has 0 aromatic heterocycles. The van der Waals surface area contributed by atoms with Crippen LogP contribution in [0.3, 0.4) is 0 Å². The summed E-state index contributed by atoms with van der Waals surface area (Å²) in [6, 6.07) is 4.87. The molecule has 0 amide bonds. The molecule has 0 aliphatic carbocycles. The number of hydrogen-bond acceptors (Lipinski definition) is 1. The van der Waals surface area contributed by atoms with Crippen molar-refractivity contribution in [3.8, 4) is 0 Å². The van der Waals surface area contributed by atoms with Crippen LogP contribution in [0.15, 0.2) is 18.2 Å². The van der Waals surface area contributed by atoms with E-state index in [-0.39, 0.29) is 23.6 Å². The highest BCUT2D eigenvalue weighted by Crippen LogP contribution is 2.34. The molecular formula is C15H21FO2. The van der Waals surface area contributed by atoms with Crippen molar-refractivity contribution in [1.29, 1.82) is 0 Å². The van der Waals surface area contributed by atoms with Crippen LogP contribution in [0.5, 0.6) is 0 Å². The second-order valence-corrected chi connectivity index (χ2v) is 6.07. The molecule has 1 aromatic carbocycles. The van der Waals surface area contributed by atoms with Crippen LogP contribution in [0.1, 0.15) is 50.7 Å². The first-order valence-corrected chi connectivity index (χ1v) is 6.17. The SMILES string of the molecule is Cc1cc(C(CC(=O)O)CC(C)(C)C)ccc1F. The molecule has 18 heavy (non-hydrogen) atoms. The maximum absolute atomic E-state index is 13.2. The minimum atomic E-state index is -0.814. The van der Waals surface area contributed by atoms with Gasteiger partial charge in [0.05, 0.1) is 6.42 Å². The van der Waals surface area contributed by atoms with Gasteiger partial charge in [0.15, 0.2) is 0 Å². The zero-order valence-electron chi connectivity index (χ0n) is 11.5. The Hall–Kier alpha value is -1.38. The Bertz CT molecular complexity index is 433. The molecule has 0 aliphatic heterocycles. The monoisotopic (exact) mass is 252 g/mol. The van der Waals surface area contributed by atoms with E-state index in [1.165, 1.54) is 6.07 Å². The van der Waals surface area contributed by atoms with Gasteiger partial charge in [-0.05, 0) is 41.9 Å². The van der Waals surface area contributed by atoms with Crippen LogP contribution in [-0.4, -0.2) is 11.1 Å². The summed E-state index contributed by atoms with van der Waals surface area (Å²) in [6.45, 7) is 7.95. The van der Waals surface area contributed by atoms with Crippen molar-refractivity contribution >= 4 is 5.97 Å². The van der Waals surface area contributed by atoms with Crippen LogP contribution in [0.25, 0.3) is 0 Å². The lowest BCUT2D eigenvalue weighted by molar-refractivity contribution is -0.137. The summed E-state index contributed by atoms with van der Waals surface area (Å²) in [7, 11) is 0. The van der Waals surface area contributed by atoms with Gasteiger partial charge in [0.2, 0.25) is 0 Å². The highest BCUT2D eigenvalue weighted by atomic mass is 19.1. The number of aryl methyl sites for hydroxylation is 1. The zero-order chi connectivity index (χ0) is 13.9. The van der Waals surface area contributed by atoms with Gasteiger partial charge in [-0.25, -0.2) is 4.39 Å². The van der Waals surface area contributed by atoms with E-state index in [0.717, 1.165) is 12.0 Å². The molecule has 100 valence electrons. The molecule has 1 rings (SSSR count). The molecule has 0 saturated carbocycles. The molecule has 1 atom stereocenters. The van der Waals surface area contributed by atoms with Gasteiger partial charge in [-0.1, -0.05) is 32.9 Å². The van der Waals surface area contributed by atoms with E-state index >= 15 is 0 Å². The van der Waals surface area contributed by atoms with Gasteiger partial charge < -0.3 is 5.11 Å². The molecule has 0 bridgehead atoms. The Morgan fingerprint density at radius 3 is 2.44 bits per heavy atom. The summed E-state index contributed by atoms with van der Waals surface area (Å²) in [5.41, 5.74) is 1.52. The van der Waals surface area contributed by atoms with Gasteiger partial charge >= 0.3 is 5.97 Å². The average molecular weight is 252 g/mol. The second-order valence-electron chi connectivity index (χ2n) is 6.07. The van der Waals surface area contributed by atoms with Crippen molar-refractivity contribution in [3.63, 3.8) is 0 Å². The quantitative estimate of drug-likeness (QED) is 0.874. The van der Waals surface area contributed by atoms with E-state index in [4.69, 9.17) is 5.11 Å². The van der Waals surface area contributed by atoms with E-state index in [1.807, 2.05) is 0 Å². The van der Waals surface area contributed by atoms with E-state index in [0.29, 0.717) is 5.56 Å². The van der Waals surface area contributed by atoms with E-state index in [2.05, 4.69) is 20.8 Å². The molecule has 0 fully saturated rings. The first-order valence-electron chi connectivity index (χ1n) is 6.17. The zero-order valence-corrected chi connectivity index (χ0v) is 11.5. The molecular weight excluding hydrogens is 231 g/mol. The van der Waals surface area contributed by atoms with Crippen LogP contribution < -0.4 is 0 Å². The molecule has 0 heterocycles. The standard InChI is InChI=1S/C15H21FO2/c1-10-7-11(5-6-13(10)16)12(8-14(17)18)9-15(2,3)4/h5-7,12H,8-9H2,1-4H3,(H,17,18). The fourth-order valence-corrected chi connectivity index (χ4v) is 2.18. The van der Waals surface area contributed by atoms with Crippen LogP contribution >= 0.6 is 0 Å². The summed E-state index contributed by atoms with van der Waals surface area (Å²) in [5, 5.41) is 8.99. The van der Waals surface area contributed by atoms with Crippen molar-refractivity contribution in [2.45, 2.75) is 46.5 Å². The van der Waals surface area contributed by atoms with Crippen LogP contribution in [0, 0.1) is 18.2 Å². The largest absolute Gasteiger partial charge is 0.481 e. The maximum atomic E-state index is 13.2. The summed E-state index contributed by atoms with van der Waals surface area (Å²) < 4.78 is 13.2. The minimum absolute atomic E-state index is 0.0441. The van der Waals surface area contributed by atoms with Gasteiger partial charge in [-0.3, -0.25) is 4.79 Å². The number of benzene rings is 1. The summed E-state index contributed by atoms with van der Waals surface area (Å²) >= 11 is 0. The summed E-state index contributed by atoms with van der Waals surface area (Å²) in [5.74, 6) is -1.13. The molecule has 0 spiro atoms. The van der Waals surface area contributed by atoms with Gasteiger partial charge in [0.1, 0.15) is 5.82 Å². The van der Waals surface area contributed by atoms with Crippen molar-refractivity contribution in [2.24, 2.45) is 5.41 Å². The van der Waals surface area contributed by atoms with Gasteiger partial charge in [-0.2, -0.15) is 0 Å². The molecule has 1 N–H and O–H groups in total. The van der Waals surface area contributed by atoms with Crippen molar-refractivity contribution in [2.75, 3.05) is 0 Å². The Balaban J connectivity index is 3.01. The first-order chi connectivity index (χ1) is 8.19. The van der Waals surface area contributed by atoms with Gasteiger partial charge in [0, 0.05) is 0 Å². The van der Waals surface area contributed by atoms with Gasteiger partial charge in [0.25, 0.3) is 0 Å². The maximum Gasteiger partial charge on any atom is 0.303 e. The predicted molar refractivity (Wildman–Crippen MR) is 70.2 cm³/mol. The number of hydrogen-bond donors (Lipinski definition) is 1. The third kappa shape index (κ3) is 4.47. The van der Waals surface area contributed by atoms with E-state index < -0.39 is 5.97 Å². The minimum Gasteiger partial charge on any atom is -0.481 e. The number of aliphatic carboxylic acids is 1. The Morgan fingerprint density at radius 2 is 2.00 bits per heavy atom. The lowest BCUT2D eigenvalue weighted by Crippen LogP contribution is -2.15. The van der Waals surface area contributed by atoms with Crippen LogP contribution in [-0.2, 0) is 4.79 Å². The molecule has 1 aromatic rings. The van der Waals surface area contributed by atoms with Gasteiger partial charge in [-0.15, -0.1) is 0 Å². The molecule has 3 heteroatoms. The number of rotatable bonds is 4.